The third-order valence-electron chi connectivity index (χ3n) is 6.05. The smallest absolute Gasteiger partial charge is 0.255 e. The van der Waals surface area contributed by atoms with E-state index in [1.165, 1.54) is 0 Å². The van der Waals surface area contributed by atoms with Gasteiger partial charge in [-0.15, -0.1) is 11.8 Å². The molecule has 5 nitrogen and oxygen atoms in total. The normalized spacial score (nSPS) is 35.0. The largest absolute Gasteiger partial charge is 0.389 e. The average molecular weight is 363 g/mol. The molecule has 0 aromatic heterocycles. The lowest BCUT2D eigenvalue weighted by atomic mass is 9.66. The molecule has 136 valence electrons. The Morgan fingerprint density at radius 2 is 2.08 bits per heavy atom. The molecule has 0 unspecified atom stereocenters. The molecule has 6 heteroatoms. The Balaban J connectivity index is 1.68. The van der Waals surface area contributed by atoms with Crippen LogP contribution in [0.4, 0.5) is 0 Å². The molecule has 3 aliphatic heterocycles. The number of benzene rings is 1. The van der Waals surface area contributed by atoms with Crippen molar-refractivity contribution in [2.24, 2.45) is 11.8 Å². The number of ether oxygens (including phenoxy) is 2. The Kier molecular flexibility index (Phi) is 4.79. The first-order valence-electron chi connectivity index (χ1n) is 8.97. The van der Waals surface area contributed by atoms with Gasteiger partial charge in [-0.05, 0) is 24.8 Å². The maximum atomic E-state index is 13.4. The highest BCUT2D eigenvalue weighted by molar-refractivity contribution is 7.98. The second-order valence-corrected chi connectivity index (χ2v) is 8.06. The SMILES string of the molecule is CSc1ccccc1C(=O)N1C[C@H]2COCC[C@@]2(O)[C@@H]2COCC[C@@H]21. The Bertz CT molecular complexity index is 654. The monoisotopic (exact) mass is 363 g/mol. The summed E-state index contributed by atoms with van der Waals surface area (Å²) in [7, 11) is 0. The van der Waals surface area contributed by atoms with E-state index in [1.807, 2.05) is 35.4 Å². The van der Waals surface area contributed by atoms with E-state index >= 15 is 0 Å². The molecule has 1 aromatic carbocycles. The number of likely N-dealkylation sites (tertiary alicyclic amines) is 1. The quantitative estimate of drug-likeness (QED) is 0.815. The number of carbonyl (C=O) groups is 1. The summed E-state index contributed by atoms with van der Waals surface area (Å²) < 4.78 is 11.3. The zero-order valence-electron chi connectivity index (χ0n) is 14.5. The van der Waals surface area contributed by atoms with Crippen molar-refractivity contribution in [1.29, 1.82) is 0 Å². The molecule has 0 spiro atoms. The van der Waals surface area contributed by atoms with Gasteiger partial charge in [-0.1, -0.05) is 12.1 Å². The zero-order chi connectivity index (χ0) is 17.4. The van der Waals surface area contributed by atoms with Crippen molar-refractivity contribution in [3.05, 3.63) is 29.8 Å². The highest BCUT2D eigenvalue weighted by Crippen LogP contribution is 2.44. The first-order chi connectivity index (χ1) is 12.1. The maximum absolute atomic E-state index is 13.4. The second kappa shape index (κ2) is 6.91. The number of nitrogens with zero attached hydrogens (tertiary/aromatic N) is 1. The number of piperidine rings is 1. The number of hydrogen-bond donors (Lipinski definition) is 1. The van der Waals surface area contributed by atoms with Crippen molar-refractivity contribution in [1.82, 2.24) is 4.90 Å². The molecular weight excluding hydrogens is 338 g/mol. The van der Waals surface area contributed by atoms with E-state index in [-0.39, 0.29) is 23.8 Å². The van der Waals surface area contributed by atoms with E-state index in [9.17, 15) is 9.90 Å². The van der Waals surface area contributed by atoms with Gasteiger partial charge in [0.1, 0.15) is 0 Å². The summed E-state index contributed by atoms with van der Waals surface area (Å²) in [5.74, 6) is -0.0154. The molecule has 3 aliphatic rings. The van der Waals surface area contributed by atoms with E-state index in [2.05, 4.69) is 0 Å². The summed E-state index contributed by atoms with van der Waals surface area (Å²) in [6, 6.07) is 7.81. The molecule has 0 saturated carbocycles. The van der Waals surface area contributed by atoms with Crippen LogP contribution in [0.15, 0.2) is 29.2 Å². The first kappa shape index (κ1) is 17.3. The Hall–Kier alpha value is -1.08. The summed E-state index contributed by atoms with van der Waals surface area (Å²) in [6.45, 7) is 2.81. The van der Waals surface area contributed by atoms with Gasteiger partial charge in [-0.25, -0.2) is 0 Å². The lowest BCUT2D eigenvalue weighted by Crippen LogP contribution is -2.68. The molecule has 0 bridgehead atoms. The van der Waals surface area contributed by atoms with Crippen LogP contribution in [-0.4, -0.2) is 66.8 Å². The van der Waals surface area contributed by atoms with Crippen LogP contribution in [-0.2, 0) is 9.47 Å². The number of hydrogen-bond acceptors (Lipinski definition) is 5. The summed E-state index contributed by atoms with van der Waals surface area (Å²) >= 11 is 1.59. The van der Waals surface area contributed by atoms with Crippen LogP contribution in [0.1, 0.15) is 23.2 Å². The fourth-order valence-electron chi connectivity index (χ4n) is 4.67. The molecule has 4 atom stereocenters. The standard InChI is InChI=1S/C19H25NO4S/c1-25-17-5-3-2-4-14(17)18(21)20-10-13-11-24-9-7-19(13,22)15-12-23-8-6-16(15)20/h2-5,13,15-16,22H,6-12H2,1H3/t13-,15+,16-,19-/m0/s1. The fourth-order valence-corrected chi connectivity index (χ4v) is 5.26. The summed E-state index contributed by atoms with van der Waals surface area (Å²) in [4.78, 5) is 16.3. The topological polar surface area (TPSA) is 59.0 Å². The molecule has 25 heavy (non-hydrogen) atoms. The molecule has 3 fully saturated rings. The fraction of sp³-hybridized carbons (Fsp3) is 0.632. The van der Waals surface area contributed by atoms with Gasteiger partial charge in [0.2, 0.25) is 0 Å². The van der Waals surface area contributed by atoms with Gasteiger partial charge in [-0.2, -0.15) is 0 Å². The average Bonchev–Trinajstić information content (AvgIpc) is 2.67. The molecule has 0 radical (unpaired) electrons. The minimum absolute atomic E-state index is 0.0331. The minimum atomic E-state index is -0.779. The summed E-state index contributed by atoms with van der Waals surface area (Å²) in [5.41, 5.74) is -0.0264. The van der Waals surface area contributed by atoms with Crippen molar-refractivity contribution in [3.8, 4) is 0 Å². The van der Waals surface area contributed by atoms with Crippen LogP contribution >= 0.6 is 11.8 Å². The van der Waals surface area contributed by atoms with Crippen LogP contribution in [0.5, 0.6) is 0 Å². The predicted octanol–water partition coefficient (Wildman–Crippen LogP) is 2.04. The third-order valence-corrected chi connectivity index (χ3v) is 6.85. The Morgan fingerprint density at radius 1 is 1.28 bits per heavy atom. The van der Waals surface area contributed by atoms with Crippen molar-refractivity contribution in [3.63, 3.8) is 0 Å². The van der Waals surface area contributed by atoms with E-state index in [1.54, 1.807) is 11.8 Å². The van der Waals surface area contributed by atoms with E-state index < -0.39 is 5.60 Å². The van der Waals surface area contributed by atoms with Gasteiger partial charge in [0, 0.05) is 49.0 Å². The zero-order valence-corrected chi connectivity index (χ0v) is 15.3. The number of fused-ring (bicyclic) bond motifs is 3. The molecule has 1 aromatic rings. The van der Waals surface area contributed by atoms with E-state index in [0.717, 1.165) is 16.9 Å². The number of carbonyl (C=O) groups excluding carboxylic acids is 1. The molecule has 1 amide bonds. The van der Waals surface area contributed by atoms with E-state index in [4.69, 9.17) is 9.47 Å². The van der Waals surface area contributed by atoms with Crippen molar-refractivity contribution >= 4 is 17.7 Å². The van der Waals surface area contributed by atoms with Gasteiger partial charge in [0.15, 0.2) is 0 Å². The summed E-state index contributed by atoms with van der Waals surface area (Å²) in [6.07, 6.45) is 3.41. The lowest BCUT2D eigenvalue weighted by molar-refractivity contribution is -0.212. The molecule has 3 saturated heterocycles. The molecule has 0 aliphatic carbocycles. The van der Waals surface area contributed by atoms with Gasteiger partial charge in [-0.3, -0.25) is 4.79 Å². The highest BCUT2D eigenvalue weighted by atomic mass is 32.2. The predicted molar refractivity (Wildman–Crippen MR) is 95.8 cm³/mol. The van der Waals surface area contributed by atoms with Crippen molar-refractivity contribution in [2.75, 3.05) is 39.2 Å². The first-order valence-corrected chi connectivity index (χ1v) is 10.2. The molecule has 1 N–H and O–H groups in total. The maximum Gasteiger partial charge on any atom is 0.255 e. The van der Waals surface area contributed by atoms with Gasteiger partial charge < -0.3 is 19.5 Å². The summed E-state index contributed by atoms with van der Waals surface area (Å²) in [5, 5.41) is 11.4. The number of thioether (sulfide) groups is 1. The number of aliphatic hydroxyl groups is 1. The van der Waals surface area contributed by atoms with Crippen LogP contribution in [0.2, 0.25) is 0 Å². The lowest BCUT2D eigenvalue weighted by Gasteiger charge is -2.57. The molecule has 3 heterocycles. The Morgan fingerprint density at radius 3 is 2.92 bits per heavy atom. The number of rotatable bonds is 2. The van der Waals surface area contributed by atoms with Crippen LogP contribution in [0.3, 0.4) is 0 Å². The van der Waals surface area contributed by atoms with Crippen molar-refractivity contribution < 1.29 is 19.4 Å². The Labute approximate surface area is 152 Å². The van der Waals surface area contributed by atoms with Gasteiger partial charge in [0.05, 0.1) is 24.4 Å². The van der Waals surface area contributed by atoms with Gasteiger partial charge >= 0.3 is 0 Å². The van der Waals surface area contributed by atoms with Crippen LogP contribution in [0.25, 0.3) is 0 Å². The second-order valence-electron chi connectivity index (χ2n) is 7.21. The van der Waals surface area contributed by atoms with E-state index in [0.29, 0.717) is 39.4 Å². The molecule has 4 rings (SSSR count). The number of amides is 1. The van der Waals surface area contributed by atoms with Crippen molar-refractivity contribution in [2.45, 2.75) is 29.4 Å². The van der Waals surface area contributed by atoms with Gasteiger partial charge in [0.25, 0.3) is 5.91 Å². The third kappa shape index (κ3) is 2.89. The minimum Gasteiger partial charge on any atom is -0.389 e. The van der Waals surface area contributed by atoms with Crippen LogP contribution < -0.4 is 0 Å². The van der Waals surface area contributed by atoms with Crippen LogP contribution in [0, 0.1) is 11.8 Å². The molecular formula is C19H25NO4S. The highest BCUT2D eigenvalue weighted by Gasteiger charge is 2.56.